The molecule has 0 heterocycles. The van der Waals surface area contributed by atoms with Crippen LogP contribution in [-0.2, 0) is 10.0 Å². The Morgan fingerprint density at radius 1 is 1.23 bits per heavy atom. The van der Waals surface area contributed by atoms with Crippen molar-refractivity contribution >= 4 is 10.0 Å². The molecule has 0 aromatic rings. The van der Waals surface area contributed by atoms with Gasteiger partial charge in [0.25, 0.3) is 0 Å². The number of rotatable bonds is 3. The zero-order valence-corrected chi connectivity index (χ0v) is 8.81. The highest BCUT2D eigenvalue weighted by Gasteiger charge is 2.42. The topological polar surface area (TPSA) is 46.2 Å². The van der Waals surface area contributed by atoms with Crippen LogP contribution in [0.25, 0.3) is 0 Å². The monoisotopic (exact) mass is 203 g/mol. The van der Waals surface area contributed by atoms with Gasteiger partial charge in [-0.05, 0) is 50.5 Å². The summed E-state index contributed by atoms with van der Waals surface area (Å²) in [4.78, 5) is 0. The third kappa shape index (κ3) is 2.23. The molecule has 3 nitrogen and oxygen atoms in total. The number of nitrogens with one attached hydrogen (secondary N) is 1. The molecule has 0 aliphatic heterocycles. The van der Waals surface area contributed by atoms with Crippen LogP contribution in [0.15, 0.2) is 0 Å². The summed E-state index contributed by atoms with van der Waals surface area (Å²) in [7, 11) is -1.48. The van der Waals surface area contributed by atoms with Gasteiger partial charge in [0.15, 0.2) is 0 Å². The summed E-state index contributed by atoms with van der Waals surface area (Å²) in [6.07, 6.45) is 4.87. The Bertz CT molecular complexity index is 286. The smallest absolute Gasteiger partial charge is 0.211 e. The molecule has 2 saturated carbocycles. The van der Waals surface area contributed by atoms with E-state index in [2.05, 4.69) is 4.72 Å². The van der Waals surface area contributed by atoms with Gasteiger partial charge in [-0.1, -0.05) is 0 Å². The predicted molar refractivity (Wildman–Crippen MR) is 51.8 cm³/mol. The quantitative estimate of drug-likeness (QED) is 0.743. The van der Waals surface area contributed by atoms with E-state index in [4.69, 9.17) is 0 Å². The van der Waals surface area contributed by atoms with Gasteiger partial charge in [-0.2, -0.15) is 0 Å². The van der Waals surface area contributed by atoms with Crippen molar-refractivity contribution < 1.29 is 8.42 Å². The summed E-state index contributed by atoms with van der Waals surface area (Å²) >= 11 is 0. The largest absolute Gasteiger partial charge is 0.218 e. The summed E-state index contributed by atoms with van der Waals surface area (Å²) in [5.41, 5.74) is 0. The molecule has 0 amide bonds. The summed E-state index contributed by atoms with van der Waals surface area (Å²) in [5.74, 6) is 2.58. The van der Waals surface area contributed by atoms with Gasteiger partial charge in [0.1, 0.15) is 0 Å². The van der Waals surface area contributed by atoms with Crippen LogP contribution in [-0.4, -0.2) is 21.2 Å². The van der Waals surface area contributed by atoms with Crippen LogP contribution in [0.5, 0.6) is 0 Å². The highest BCUT2D eigenvalue weighted by molar-refractivity contribution is 7.89. The van der Waals surface area contributed by atoms with E-state index in [0.29, 0.717) is 11.7 Å². The Kier molecular flexibility index (Phi) is 2.36. The summed E-state index contributed by atoms with van der Waals surface area (Å²) < 4.78 is 24.9. The van der Waals surface area contributed by atoms with Gasteiger partial charge in [0.05, 0.1) is 5.75 Å². The van der Waals surface area contributed by atoms with Crippen LogP contribution >= 0.6 is 0 Å². The van der Waals surface area contributed by atoms with Crippen molar-refractivity contribution in [1.82, 2.24) is 4.72 Å². The maximum Gasteiger partial charge on any atom is 0.211 e. The lowest BCUT2D eigenvalue weighted by atomic mass is 9.91. The van der Waals surface area contributed by atoms with E-state index in [1.54, 1.807) is 0 Å². The maximum atomic E-state index is 11.3. The third-order valence-corrected chi connectivity index (χ3v) is 4.95. The van der Waals surface area contributed by atoms with Crippen molar-refractivity contribution in [3.8, 4) is 0 Å². The van der Waals surface area contributed by atoms with Crippen LogP contribution < -0.4 is 4.72 Å². The fourth-order valence-electron chi connectivity index (χ4n) is 2.49. The second-order valence-corrected chi connectivity index (χ2v) is 6.39. The van der Waals surface area contributed by atoms with Crippen molar-refractivity contribution in [3.63, 3.8) is 0 Å². The van der Waals surface area contributed by atoms with Crippen LogP contribution in [0.4, 0.5) is 0 Å². The molecule has 0 bridgehead atoms. The van der Waals surface area contributed by atoms with Crippen molar-refractivity contribution in [3.05, 3.63) is 0 Å². The van der Waals surface area contributed by atoms with Crippen molar-refractivity contribution in [2.75, 3.05) is 12.8 Å². The second-order valence-electron chi connectivity index (χ2n) is 4.42. The normalized spacial score (nSPS) is 38.4. The molecule has 3 unspecified atom stereocenters. The van der Waals surface area contributed by atoms with Crippen LogP contribution in [0, 0.1) is 17.8 Å². The Labute approximate surface area is 80.0 Å². The van der Waals surface area contributed by atoms with Gasteiger partial charge in [-0.3, -0.25) is 0 Å². The first kappa shape index (κ1) is 9.46. The summed E-state index contributed by atoms with van der Waals surface area (Å²) in [6.45, 7) is 0. The van der Waals surface area contributed by atoms with Gasteiger partial charge < -0.3 is 0 Å². The van der Waals surface area contributed by atoms with Gasteiger partial charge in [0.2, 0.25) is 10.0 Å². The van der Waals surface area contributed by atoms with Crippen LogP contribution in [0.3, 0.4) is 0 Å². The highest BCUT2D eigenvalue weighted by Crippen LogP contribution is 2.51. The summed E-state index contributed by atoms with van der Waals surface area (Å²) in [6, 6.07) is 0. The van der Waals surface area contributed by atoms with Gasteiger partial charge in [-0.25, -0.2) is 13.1 Å². The van der Waals surface area contributed by atoms with E-state index in [1.807, 2.05) is 0 Å². The molecule has 2 fully saturated rings. The van der Waals surface area contributed by atoms with E-state index in [-0.39, 0.29) is 0 Å². The average Bonchev–Trinajstić information content (AvgIpc) is 2.81. The minimum atomic E-state index is -2.97. The molecular weight excluding hydrogens is 186 g/mol. The standard InChI is InChI=1S/C9H17NO2S/c1-10-13(11,12)6-7-2-3-8-5-9(8)4-7/h7-10H,2-6H2,1H3. The second kappa shape index (κ2) is 3.24. The van der Waals surface area contributed by atoms with Crippen molar-refractivity contribution in [2.24, 2.45) is 17.8 Å². The first-order chi connectivity index (χ1) is 6.11. The van der Waals surface area contributed by atoms with Crippen LogP contribution in [0.2, 0.25) is 0 Å². The molecule has 4 heteroatoms. The molecular formula is C9H17NO2S. The molecule has 2 rings (SSSR count). The number of hydrogen-bond acceptors (Lipinski definition) is 2. The fourth-order valence-corrected chi connectivity index (χ4v) is 3.58. The lowest BCUT2D eigenvalue weighted by molar-refractivity contribution is 0.368. The van der Waals surface area contributed by atoms with Crippen molar-refractivity contribution in [1.29, 1.82) is 0 Å². The molecule has 3 atom stereocenters. The number of hydrogen-bond donors (Lipinski definition) is 1. The average molecular weight is 203 g/mol. The lowest BCUT2D eigenvalue weighted by Crippen LogP contribution is -2.28. The minimum Gasteiger partial charge on any atom is -0.218 e. The molecule has 76 valence electrons. The zero-order chi connectivity index (χ0) is 9.47. The maximum absolute atomic E-state index is 11.3. The Hall–Kier alpha value is -0.0900. The van der Waals surface area contributed by atoms with Crippen molar-refractivity contribution in [2.45, 2.75) is 25.7 Å². The molecule has 0 radical (unpaired) electrons. The van der Waals surface area contributed by atoms with E-state index < -0.39 is 10.0 Å². The molecule has 1 N–H and O–H groups in total. The molecule has 0 saturated heterocycles. The molecule has 0 aromatic heterocycles. The molecule has 2 aliphatic carbocycles. The Balaban J connectivity index is 1.88. The predicted octanol–water partition coefficient (Wildman–Crippen LogP) is 0.972. The minimum absolute atomic E-state index is 0.340. The van der Waals surface area contributed by atoms with E-state index >= 15 is 0 Å². The fraction of sp³-hybridized carbons (Fsp3) is 1.00. The van der Waals surface area contributed by atoms with Gasteiger partial charge in [0, 0.05) is 0 Å². The number of sulfonamides is 1. The van der Waals surface area contributed by atoms with Gasteiger partial charge in [-0.15, -0.1) is 0 Å². The zero-order valence-electron chi connectivity index (χ0n) is 7.99. The van der Waals surface area contributed by atoms with E-state index in [1.165, 1.54) is 19.9 Å². The molecule has 13 heavy (non-hydrogen) atoms. The van der Waals surface area contributed by atoms with E-state index in [0.717, 1.165) is 24.7 Å². The highest BCUT2D eigenvalue weighted by atomic mass is 32.2. The van der Waals surface area contributed by atoms with E-state index in [9.17, 15) is 8.42 Å². The Morgan fingerprint density at radius 3 is 2.62 bits per heavy atom. The molecule has 0 aromatic carbocycles. The first-order valence-electron chi connectivity index (χ1n) is 5.02. The number of fused-ring (bicyclic) bond motifs is 1. The Morgan fingerprint density at radius 2 is 2.00 bits per heavy atom. The third-order valence-electron chi connectivity index (χ3n) is 3.42. The summed E-state index contributed by atoms with van der Waals surface area (Å²) in [5, 5.41) is 0. The molecule has 0 spiro atoms. The SMILES string of the molecule is CNS(=O)(=O)CC1CCC2CC2C1. The first-order valence-corrected chi connectivity index (χ1v) is 6.67. The van der Waals surface area contributed by atoms with Crippen LogP contribution in [0.1, 0.15) is 25.7 Å². The van der Waals surface area contributed by atoms with Gasteiger partial charge >= 0.3 is 0 Å². The lowest BCUT2D eigenvalue weighted by Gasteiger charge is -2.20. The molecule has 2 aliphatic rings.